The molecule has 1 N–H and O–H groups in total. The molecule has 0 spiro atoms. The Morgan fingerprint density at radius 1 is 1.20 bits per heavy atom. The topological polar surface area (TPSA) is 83.2 Å². The fraction of sp³-hybridized carbons (Fsp3) is 0.391. The van der Waals surface area contributed by atoms with E-state index in [0.717, 1.165) is 31.5 Å². The lowest BCUT2D eigenvalue weighted by Gasteiger charge is -2.28. The van der Waals surface area contributed by atoms with Gasteiger partial charge in [0.1, 0.15) is 5.75 Å². The smallest absolute Gasteiger partial charge is 0.290 e. The minimum atomic E-state index is -0.696. The third-order valence-corrected chi connectivity index (χ3v) is 5.63. The lowest BCUT2D eigenvalue weighted by molar-refractivity contribution is -0.129. The first kappa shape index (κ1) is 20.2. The fourth-order valence-corrected chi connectivity index (χ4v) is 4.20. The van der Waals surface area contributed by atoms with Crippen LogP contribution in [0.1, 0.15) is 41.9 Å². The quantitative estimate of drug-likeness (QED) is 0.672. The summed E-state index contributed by atoms with van der Waals surface area (Å²) < 4.78 is 10.9. The van der Waals surface area contributed by atoms with Gasteiger partial charge in [0, 0.05) is 13.1 Å². The van der Waals surface area contributed by atoms with Crippen molar-refractivity contribution in [2.75, 3.05) is 32.8 Å². The van der Waals surface area contributed by atoms with E-state index < -0.39 is 23.5 Å². The minimum absolute atomic E-state index is 0.0463. The van der Waals surface area contributed by atoms with Crippen LogP contribution in [-0.4, -0.2) is 59.4 Å². The molecule has 1 atom stereocenters. The van der Waals surface area contributed by atoms with Crippen LogP contribution < -0.4 is 4.74 Å². The van der Waals surface area contributed by atoms with Gasteiger partial charge in [0.15, 0.2) is 11.5 Å². The molecule has 2 aromatic rings. The average Bonchev–Trinajstić information content (AvgIpc) is 3.50. The highest BCUT2D eigenvalue weighted by molar-refractivity contribution is 6.15. The van der Waals surface area contributed by atoms with Crippen molar-refractivity contribution in [1.82, 2.24) is 9.80 Å². The number of aliphatic hydroxyl groups is 1. The first-order chi connectivity index (χ1) is 14.6. The fourth-order valence-electron chi connectivity index (χ4n) is 4.20. The van der Waals surface area contributed by atoms with Crippen LogP contribution in [0, 0.1) is 0 Å². The van der Waals surface area contributed by atoms with E-state index in [0.29, 0.717) is 25.4 Å². The Bertz CT molecular complexity index is 944. The highest BCUT2D eigenvalue weighted by Crippen LogP contribution is 2.39. The summed E-state index contributed by atoms with van der Waals surface area (Å²) in [5.41, 5.74) is 0.764. The summed E-state index contributed by atoms with van der Waals surface area (Å²) in [5, 5.41) is 10.7. The highest BCUT2D eigenvalue weighted by Gasteiger charge is 2.44. The zero-order valence-corrected chi connectivity index (χ0v) is 17.0. The number of Topliss-reactive ketones (excluding diaryl/α,β-unsaturated/α-hetero) is 1. The number of carbonyl (C=O) groups excluding carboxylic acids is 2. The van der Waals surface area contributed by atoms with Crippen molar-refractivity contribution in [2.45, 2.75) is 25.8 Å². The summed E-state index contributed by atoms with van der Waals surface area (Å²) in [6.45, 7) is 5.52. The van der Waals surface area contributed by atoms with Crippen LogP contribution in [0.3, 0.4) is 0 Å². The van der Waals surface area contributed by atoms with Gasteiger partial charge >= 0.3 is 0 Å². The Morgan fingerprint density at radius 3 is 2.70 bits per heavy atom. The molecule has 0 aliphatic carbocycles. The molecule has 30 heavy (non-hydrogen) atoms. The number of amides is 1. The predicted molar refractivity (Wildman–Crippen MR) is 110 cm³/mol. The van der Waals surface area contributed by atoms with E-state index in [2.05, 4.69) is 4.90 Å². The Morgan fingerprint density at radius 2 is 2.00 bits per heavy atom. The monoisotopic (exact) mass is 410 g/mol. The van der Waals surface area contributed by atoms with Crippen molar-refractivity contribution in [3.8, 4) is 5.75 Å². The molecular formula is C23H26N2O5. The third-order valence-electron chi connectivity index (χ3n) is 5.63. The molecule has 1 aromatic carbocycles. The maximum atomic E-state index is 13.1. The van der Waals surface area contributed by atoms with Crippen LogP contribution in [0.25, 0.3) is 0 Å². The van der Waals surface area contributed by atoms with Gasteiger partial charge in [-0.05, 0) is 62.7 Å². The second-order valence-electron chi connectivity index (χ2n) is 7.52. The maximum Gasteiger partial charge on any atom is 0.290 e. The molecule has 7 heteroatoms. The van der Waals surface area contributed by atoms with Gasteiger partial charge in [-0.15, -0.1) is 0 Å². The standard InChI is InChI=1S/C23H26N2O5/c1-2-29-17-8-5-7-16(15-17)20-19(21(26)18-9-6-14-30-18)22(27)23(28)25(20)13-12-24-10-3-4-11-24/h5-9,14-15,20,27H,2-4,10-13H2,1H3. The Kier molecular flexibility index (Phi) is 5.90. The molecule has 0 radical (unpaired) electrons. The Labute approximate surface area is 175 Å². The summed E-state index contributed by atoms with van der Waals surface area (Å²) in [5.74, 6) is -0.781. The normalized spacial score (nSPS) is 19.7. The van der Waals surface area contributed by atoms with E-state index in [4.69, 9.17) is 9.15 Å². The first-order valence-electron chi connectivity index (χ1n) is 10.4. The van der Waals surface area contributed by atoms with E-state index in [1.807, 2.05) is 31.2 Å². The zero-order valence-electron chi connectivity index (χ0n) is 17.0. The lowest BCUT2D eigenvalue weighted by atomic mass is 9.95. The van der Waals surface area contributed by atoms with Crippen LogP contribution in [0.4, 0.5) is 0 Å². The van der Waals surface area contributed by atoms with Gasteiger partial charge in [0.25, 0.3) is 5.91 Å². The van der Waals surface area contributed by atoms with Crippen LogP contribution >= 0.6 is 0 Å². The molecule has 1 unspecified atom stereocenters. The number of likely N-dealkylation sites (tertiary alicyclic amines) is 1. The number of ketones is 1. The molecule has 1 amide bonds. The molecular weight excluding hydrogens is 384 g/mol. The molecule has 1 aromatic heterocycles. The van der Waals surface area contributed by atoms with E-state index in [1.54, 1.807) is 11.0 Å². The molecule has 1 saturated heterocycles. The first-order valence-corrected chi connectivity index (χ1v) is 10.4. The van der Waals surface area contributed by atoms with E-state index in [1.165, 1.54) is 12.3 Å². The zero-order chi connectivity index (χ0) is 21.1. The van der Waals surface area contributed by atoms with Crippen molar-refractivity contribution < 1.29 is 23.8 Å². The summed E-state index contributed by atoms with van der Waals surface area (Å²) >= 11 is 0. The second kappa shape index (κ2) is 8.75. The number of hydrogen-bond donors (Lipinski definition) is 1. The van der Waals surface area contributed by atoms with E-state index >= 15 is 0 Å². The second-order valence-corrected chi connectivity index (χ2v) is 7.52. The van der Waals surface area contributed by atoms with Gasteiger partial charge in [-0.2, -0.15) is 0 Å². The van der Waals surface area contributed by atoms with Crippen LogP contribution in [0.2, 0.25) is 0 Å². The van der Waals surface area contributed by atoms with Gasteiger partial charge in [-0.3, -0.25) is 9.59 Å². The number of ether oxygens (including phenoxy) is 1. The number of furan rings is 1. The number of benzene rings is 1. The molecule has 158 valence electrons. The number of aliphatic hydroxyl groups excluding tert-OH is 1. The number of nitrogens with zero attached hydrogens (tertiary/aromatic N) is 2. The molecule has 1 fully saturated rings. The minimum Gasteiger partial charge on any atom is -0.503 e. The summed E-state index contributed by atoms with van der Waals surface area (Å²) in [4.78, 5) is 30.0. The molecule has 4 rings (SSSR count). The van der Waals surface area contributed by atoms with Crippen molar-refractivity contribution in [3.05, 3.63) is 65.3 Å². The predicted octanol–water partition coefficient (Wildman–Crippen LogP) is 3.35. The van der Waals surface area contributed by atoms with Gasteiger partial charge in [0.2, 0.25) is 5.78 Å². The van der Waals surface area contributed by atoms with Crippen LogP contribution in [0.5, 0.6) is 5.75 Å². The van der Waals surface area contributed by atoms with Gasteiger partial charge in [-0.1, -0.05) is 12.1 Å². The summed E-state index contributed by atoms with van der Waals surface area (Å²) in [7, 11) is 0. The molecule has 0 saturated carbocycles. The van der Waals surface area contributed by atoms with Crippen LogP contribution in [-0.2, 0) is 4.79 Å². The van der Waals surface area contributed by atoms with Crippen molar-refractivity contribution >= 4 is 11.7 Å². The average molecular weight is 410 g/mol. The largest absolute Gasteiger partial charge is 0.503 e. The highest BCUT2D eigenvalue weighted by atomic mass is 16.5. The lowest BCUT2D eigenvalue weighted by Crippen LogP contribution is -2.37. The summed E-state index contributed by atoms with van der Waals surface area (Å²) in [6, 6.07) is 9.77. The molecule has 2 aliphatic rings. The van der Waals surface area contributed by atoms with E-state index in [9.17, 15) is 14.7 Å². The molecule has 0 bridgehead atoms. The SMILES string of the molecule is CCOc1cccc(C2C(C(=O)c3ccco3)=C(O)C(=O)N2CCN2CCCC2)c1. The molecule has 2 aliphatic heterocycles. The third kappa shape index (κ3) is 3.85. The van der Waals surface area contributed by atoms with Gasteiger partial charge in [-0.25, -0.2) is 0 Å². The van der Waals surface area contributed by atoms with Gasteiger partial charge < -0.3 is 24.1 Å². The number of carbonyl (C=O) groups is 2. The molecule has 3 heterocycles. The Balaban J connectivity index is 1.70. The van der Waals surface area contributed by atoms with Crippen molar-refractivity contribution in [3.63, 3.8) is 0 Å². The maximum absolute atomic E-state index is 13.1. The van der Waals surface area contributed by atoms with E-state index in [-0.39, 0.29) is 11.3 Å². The number of rotatable bonds is 8. The van der Waals surface area contributed by atoms with Crippen molar-refractivity contribution in [2.24, 2.45) is 0 Å². The summed E-state index contributed by atoms with van der Waals surface area (Å²) in [6.07, 6.45) is 3.70. The molecule has 7 nitrogen and oxygen atoms in total. The van der Waals surface area contributed by atoms with Crippen LogP contribution in [0.15, 0.2) is 58.4 Å². The number of hydrogen-bond acceptors (Lipinski definition) is 6. The van der Waals surface area contributed by atoms with Gasteiger partial charge in [0.05, 0.1) is 24.5 Å². The van der Waals surface area contributed by atoms with Crippen molar-refractivity contribution in [1.29, 1.82) is 0 Å². The Hall–Kier alpha value is -3.06.